The molecule has 2 atom stereocenters. The molecule has 0 spiro atoms. The minimum atomic E-state index is -4.51. The Hall–Kier alpha value is -1.61. The van der Waals surface area contributed by atoms with E-state index in [4.69, 9.17) is 5.73 Å². The Morgan fingerprint density at radius 2 is 1.70 bits per heavy atom. The van der Waals surface area contributed by atoms with Crippen LogP contribution in [0.5, 0.6) is 0 Å². The number of hydrogen-bond acceptors (Lipinski definition) is 3. The highest BCUT2D eigenvalue weighted by Crippen LogP contribution is 2.31. The van der Waals surface area contributed by atoms with Gasteiger partial charge >= 0.3 is 6.18 Å². The number of nitrogens with zero attached hydrogens (tertiary/aromatic N) is 1. The van der Waals surface area contributed by atoms with Crippen molar-refractivity contribution in [3.63, 3.8) is 0 Å². The summed E-state index contributed by atoms with van der Waals surface area (Å²) in [5, 5.41) is 0. The Bertz CT molecular complexity index is 876. The van der Waals surface area contributed by atoms with Crippen LogP contribution < -0.4 is 5.73 Å². The van der Waals surface area contributed by atoms with Gasteiger partial charge in [-0.3, -0.25) is 0 Å². The molecule has 1 aliphatic rings. The molecule has 2 N–H and O–H groups in total. The minimum Gasteiger partial charge on any atom is -0.326 e. The zero-order chi connectivity index (χ0) is 18.9. The summed E-state index contributed by atoms with van der Waals surface area (Å²) in [6.45, 7) is 0.382. The fraction of sp³-hybridized carbons (Fsp3) is 0.333. The SMILES string of the molecule is Cl.N[C@@H]1CN(S(=O)(=O)Cc2cccc(C(F)(F)F)c2)C[C@H]1c1ccccc1. The molecule has 0 bridgehead atoms. The lowest BCUT2D eigenvalue weighted by Gasteiger charge is -2.17. The topological polar surface area (TPSA) is 63.4 Å². The van der Waals surface area contributed by atoms with Crippen molar-refractivity contribution in [2.24, 2.45) is 5.73 Å². The lowest BCUT2D eigenvalue weighted by molar-refractivity contribution is -0.137. The molecule has 9 heteroatoms. The first-order chi connectivity index (χ1) is 12.2. The van der Waals surface area contributed by atoms with Crippen molar-refractivity contribution in [1.82, 2.24) is 4.31 Å². The zero-order valence-corrected chi connectivity index (χ0v) is 15.9. The number of rotatable bonds is 4. The number of nitrogens with two attached hydrogens (primary N) is 1. The highest BCUT2D eigenvalue weighted by Gasteiger charge is 2.38. The summed E-state index contributed by atoms with van der Waals surface area (Å²) in [6, 6.07) is 13.4. The van der Waals surface area contributed by atoms with Crippen molar-refractivity contribution in [1.29, 1.82) is 0 Å². The van der Waals surface area contributed by atoms with E-state index in [9.17, 15) is 21.6 Å². The second-order valence-corrected chi connectivity index (χ2v) is 8.42. The molecule has 2 aromatic rings. The maximum Gasteiger partial charge on any atom is 0.416 e. The van der Waals surface area contributed by atoms with Gasteiger partial charge in [0.25, 0.3) is 0 Å². The van der Waals surface area contributed by atoms with Gasteiger partial charge in [-0.25, -0.2) is 8.42 Å². The van der Waals surface area contributed by atoms with Crippen molar-refractivity contribution in [2.45, 2.75) is 23.9 Å². The molecule has 3 rings (SSSR count). The molecule has 1 saturated heterocycles. The van der Waals surface area contributed by atoms with Crippen LogP contribution >= 0.6 is 12.4 Å². The molecular formula is C18H20ClF3N2O2S. The zero-order valence-electron chi connectivity index (χ0n) is 14.3. The van der Waals surface area contributed by atoms with E-state index >= 15 is 0 Å². The highest BCUT2D eigenvalue weighted by molar-refractivity contribution is 7.88. The molecule has 4 nitrogen and oxygen atoms in total. The monoisotopic (exact) mass is 420 g/mol. The van der Waals surface area contributed by atoms with Gasteiger partial charge in [0, 0.05) is 25.0 Å². The summed E-state index contributed by atoms with van der Waals surface area (Å²) >= 11 is 0. The fourth-order valence-corrected chi connectivity index (χ4v) is 4.78. The number of benzene rings is 2. The first-order valence-electron chi connectivity index (χ1n) is 8.11. The maximum absolute atomic E-state index is 12.8. The summed E-state index contributed by atoms with van der Waals surface area (Å²) in [6.07, 6.45) is -4.51. The lowest BCUT2D eigenvalue weighted by atomic mass is 9.95. The van der Waals surface area contributed by atoms with Crippen LogP contribution in [0.25, 0.3) is 0 Å². The second kappa shape index (κ2) is 8.18. The Balaban J connectivity index is 0.00000261. The van der Waals surface area contributed by atoms with Crippen LogP contribution in [0.2, 0.25) is 0 Å². The predicted molar refractivity (Wildman–Crippen MR) is 100 cm³/mol. The van der Waals surface area contributed by atoms with Gasteiger partial charge in [0.2, 0.25) is 10.0 Å². The molecule has 0 unspecified atom stereocenters. The normalized spacial score (nSPS) is 21.0. The van der Waals surface area contributed by atoms with Crippen LogP contribution in [0.3, 0.4) is 0 Å². The van der Waals surface area contributed by atoms with Crippen molar-refractivity contribution >= 4 is 22.4 Å². The van der Waals surface area contributed by atoms with Gasteiger partial charge in [-0.15, -0.1) is 12.4 Å². The molecule has 0 saturated carbocycles. The van der Waals surface area contributed by atoms with Crippen LogP contribution in [0.15, 0.2) is 54.6 Å². The summed E-state index contributed by atoms with van der Waals surface area (Å²) in [7, 11) is -3.76. The van der Waals surface area contributed by atoms with Crippen molar-refractivity contribution < 1.29 is 21.6 Å². The van der Waals surface area contributed by atoms with E-state index in [1.165, 1.54) is 16.4 Å². The predicted octanol–water partition coefficient (Wildman–Crippen LogP) is 3.38. The standard InChI is InChI=1S/C18H19F3N2O2S.ClH/c19-18(20,21)15-8-4-5-13(9-15)12-26(24,25)23-10-16(17(22)11-23)14-6-2-1-3-7-14;/h1-9,16-17H,10-12,22H2;1H/t16-,17+;/m0./s1. The third-order valence-electron chi connectivity index (χ3n) is 4.56. The van der Waals surface area contributed by atoms with E-state index in [1.807, 2.05) is 30.3 Å². The third-order valence-corrected chi connectivity index (χ3v) is 6.34. The van der Waals surface area contributed by atoms with Crippen LogP contribution in [0.4, 0.5) is 13.2 Å². The number of halogens is 4. The van der Waals surface area contributed by atoms with Gasteiger partial charge in [0.1, 0.15) is 0 Å². The van der Waals surface area contributed by atoms with Gasteiger partial charge < -0.3 is 5.73 Å². The molecule has 0 aliphatic carbocycles. The molecule has 2 aromatic carbocycles. The first-order valence-corrected chi connectivity index (χ1v) is 9.72. The Morgan fingerprint density at radius 3 is 2.33 bits per heavy atom. The number of alkyl halides is 3. The van der Waals surface area contributed by atoms with Crippen molar-refractivity contribution in [3.8, 4) is 0 Å². The molecule has 1 heterocycles. The molecule has 1 fully saturated rings. The van der Waals surface area contributed by atoms with E-state index in [0.29, 0.717) is 0 Å². The highest BCUT2D eigenvalue weighted by atomic mass is 35.5. The largest absolute Gasteiger partial charge is 0.416 e. The van der Waals surface area contributed by atoms with E-state index in [-0.39, 0.29) is 43.0 Å². The molecule has 1 aliphatic heterocycles. The molecule has 148 valence electrons. The average molecular weight is 421 g/mol. The smallest absolute Gasteiger partial charge is 0.326 e. The van der Waals surface area contributed by atoms with Crippen molar-refractivity contribution in [2.75, 3.05) is 13.1 Å². The van der Waals surface area contributed by atoms with E-state index < -0.39 is 27.5 Å². The summed E-state index contributed by atoms with van der Waals surface area (Å²) in [5.74, 6) is -0.613. The van der Waals surface area contributed by atoms with Gasteiger partial charge in [-0.05, 0) is 17.2 Å². The van der Waals surface area contributed by atoms with Gasteiger partial charge in [-0.1, -0.05) is 48.5 Å². The first kappa shape index (κ1) is 21.7. The van der Waals surface area contributed by atoms with Crippen LogP contribution in [-0.2, 0) is 22.0 Å². The molecule has 0 radical (unpaired) electrons. The van der Waals surface area contributed by atoms with Crippen LogP contribution in [-0.4, -0.2) is 31.9 Å². The molecule has 0 amide bonds. The molecular weight excluding hydrogens is 401 g/mol. The average Bonchev–Trinajstić information content (AvgIpc) is 2.97. The fourth-order valence-electron chi connectivity index (χ4n) is 3.21. The van der Waals surface area contributed by atoms with E-state index in [0.717, 1.165) is 17.7 Å². The summed E-state index contributed by atoms with van der Waals surface area (Å²) in [4.78, 5) is 0. The Kier molecular flexibility index (Phi) is 6.57. The van der Waals surface area contributed by atoms with E-state index in [2.05, 4.69) is 0 Å². The second-order valence-electron chi connectivity index (χ2n) is 6.45. The van der Waals surface area contributed by atoms with Gasteiger partial charge in [0.15, 0.2) is 0 Å². The molecule has 27 heavy (non-hydrogen) atoms. The van der Waals surface area contributed by atoms with Crippen LogP contribution in [0, 0.1) is 0 Å². The quantitative estimate of drug-likeness (QED) is 0.824. The lowest BCUT2D eigenvalue weighted by Crippen LogP contribution is -2.33. The van der Waals surface area contributed by atoms with Gasteiger partial charge in [-0.2, -0.15) is 17.5 Å². The van der Waals surface area contributed by atoms with Crippen LogP contribution in [0.1, 0.15) is 22.6 Å². The Labute approximate surface area is 162 Å². The van der Waals surface area contributed by atoms with Gasteiger partial charge in [0.05, 0.1) is 11.3 Å². The minimum absolute atomic E-state index is 0. The number of hydrogen-bond donors (Lipinski definition) is 1. The maximum atomic E-state index is 12.8. The number of sulfonamides is 1. The summed E-state index contributed by atoms with van der Waals surface area (Å²) in [5.41, 5.74) is 6.33. The third kappa shape index (κ3) is 5.01. The summed E-state index contributed by atoms with van der Waals surface area (Å²) < 4.78 is 65.1. The van der Waals surface area contributed by atoms with E-state index in [1.54, 1.807) is 0 Å². The molecule has 0 aromatic heterocycles. The van der Waals surface area contributed by atoms with Crippen molar-refractivity contribution in [3.05, 3.63) is 71.3 Å². The Morgan fingerprint density at radius 1 is 1.04 bits per heavy atom.